The molecular weight excluding hydrogens is 161 g/mol. The van der Waals surface area contributed by atoms with Crippen molar-refractivity contribution in [1.29, 1.82) is 0 Å². The van der Waals surface area contributed by atoms with E-state index >= 15 is 0 Å². The van der Waals surface area contributed by atoms with E-state index in [1.807, 2.05) is 32.9 Å². The molecule has 0 aromatic rings. The summed E-state index contributed by atoms with van der Waals surface area (Å²) >= 11 is 0. The molecule has 0 amide bonds. The van der Waals surface area contributed by atoms with Crippen molar-refractivity contribution in [3.8, 4) is 0 Å². The highest BCUT2D eigenvalue weighted by molar-refractivity contribution is 7.56. The van der Waals surface area contributed by atoms with Gasteiger partial charge >= 0.3 is 0 Å². The van der Waals surface area contributed by atoms with Crippen LogP contribution in [0.1, 0.15) is 0 Å². The third-order valence-corrected chi connectivity index (χ3v) is 5.06. The smallest absolute Gasteiger partial charge is 0.270 e. The Morgan fingerprint density at radius 2 is 1.45 bits per heavy atom. The lowest BCUT2D eigenvalue weighted by Crippen LogP contribution is -2.25. The molecule has 1 rings (SSSR count). The molecule has 1 aliphatic rings. The molecule has 0 atom stereocenters. The highest BCUT2D eigenvalue weighted by Gasteiger charge is 2.41. The molecular formula is C6H16N3OP. The zero-order chi connectivity index (χ0) is 8.65. The number of hydrogen-bond donors (Lipinski definition) is 0. The monoisotopic (exact) mass is 177 g/mol. The molecule has 0 aromatic carbocycles. The summed E-state index contributed by atoms with van der Waals surface area (Å²) in [6.45, 7) is 1.93. The molecule has 66 valence electrons. The van der Waals surface area contributed by atoms with E-state index in [-0.39, 0.29) is 0 Å². The topological polar surface area (TPSA) is 26.6 Å². The predicted molar refractivity (Wildman–Crippen MR) is 46.6 cm³/mol. The van der Waals surface area contributed by atoms with Gasteiger partial charge in [0.15, 0.2) is 0 Å². The molecule has 0 aromatic heterocycles. The predicted octanol–water partition coefficient (Wildman–Crippen LogP) is 0.533. The second-order valence-electron chi connectivity index (χ2n) is 3.16. The SMILES string of the molecule is CN(C)P(=O)(N(C)C)N1CC1. The number of hydrogen-bond acceptors (Lipinski definition) is 1. The van der Waals surface area contributed by atoms with E-state index in [9.17, 15) is 4.57 Å². The summed E-state index contributed by atoms with van der Waals surface area (Å²) in [6.07, 6.45) is 0. The zero-order valence-corrected chi connectivity index (χ0v) is 8.51. The van der Waals surface area contributed by atoms with Gasteiger partial charge in [0, 0.05) is 13.1 Å². The fraction of sp³-hybridized carbons (Fsp3) is 1.00. The van der Waals surface area contributed by atoms with Crippen LogP contribution in [0.25, 0.3) is 0 Å². The first-order valence-electron chi connectivity index (χ1n) is 3.70. The highest BCUT2D eigenvalue weighted by atomic mass is 31.2. The third-order valence-electron chi connectivity index (χ3n) is 1.83. The van der Waals surface area contributed by atoms with Crippen molar-refractivity contribution < 1.29 is 4.57 Å². The third kappa shape index (κ3) is 1.49. The van der Waals surface area contributed by atoms with Gasteiger partial charge in [0.05, 0.1) is 0 Å². The lowest BCUT2D eigenvalue weighted by atomic mass is 11.0. The van der Waals surface area contributed by atoms with Crippen LogP contribution in [0.15, 0.2) is 0 Å². The fourth-order valence-corrected chi connectivity index (χ4v) is 3.51. The summed E-state index contributed by atoms with van der Waals surface area (Å²) in [5.74, 6) is 0. The molecule has 0 aliphatic carbocycles. The molecule has 1 saturated heterocycles. The van der Waals surface area contributed by atoms with Crippen LogP contribution >= 0.6 is 7.59 Å². The van der Waals surface area contributed by atoms with Gasteiger partial charge in [-0.15, -0.1) is 0 Å². The van der Waals surface area contributed by atoms with Gasteiger partial charge in [-0.05, 0) is 28.2 Å². The van der Waals surface area contributed by atoms with E-state index in [0.29, 0.717) is 0 Å². The number of nitrogens with zero attached hydrogens (tertiary/aromatic N) is 3. The van der Waals surface area contributed by atoms with E-state index in [0.717, 1.165) is 13.1 Å². The Kier molecular flexibility index (Phi) is 2.40. The van der Waals surface area contributed by atoms with E-state index in [1.165, 1.54) is 0 Å². The Labute approximate surface area is 68.3 Å². The van der Waals surface area contributed by atoms with Crippen LogP contribution in [0.2, 0.25) is 0 Å². The van der Waals surface area contributed by atoms with Gasteiger partial charge in [-0.1, -0.05) is 0 Å². The van der Waals surface area contributed by atoms with E-state index in [4.69, 9.17) is 0 Å². The first-order valence-corrected chi connectivity index (χ1v) is 5.27. The zero-order valence-electron chi connectivity index (χ0n) is 7.61. The van der Waals surface area contributed by atoms with Crippen LogP contribution in [0, 0.1) is 0 Å². The van der Waals surface area contributed by atoms with Crippen LogP contribution in [0.3, 0.4) is 0 Å². The van der Waals surface area contributed by atoms with Crippen molar-refractivity contribution in [2.45, 2.75) is 0 Å². The molecule has 4 nitrogen and oxygen atoms in total. The summed E-state index contributed by atoms with van der Waals surface area (Å²) in [6, 6.07) is 0. The highest BCUT2D eigenvalue weighted by Crippen LogP contribution is 2.56. The van der Waals surface area contributed by atoms with E-state index in [1.54, 1.807) is 9.34 Å². The van der Waals surface area contributed by atoms with Crippen molar-refractivity contribution in [3.63, 3.8) is 0 Å². The summed E-state index contributed by atoms with van der Waals surface area (Å²) in [7, 11) is 5.12. The number of rotatable bonds is 3. The Morgan fingerprint density at radius 3 is 1.55 bits per heavy atom. The van der Waals surface area contributed by atoms with Crippen molar-refractivity contribution in [3.05, 3.63) is 0 Å². The van der Waals surface area contributed by atoms with Gasteiger partial charge in [-0.25, -0.2) is 14.0 Å². The summed E-state index contributed by atoms with van der Waals surface area (Å²) in [4.78, 5) is 0. The summed E-state index contributed by atoms with van der Waals surface area (Å²) < 4.78 is 17.8. The minimum Gasteiger partial charge on any atom is -0.270 e. The molecule has 0 N–H and O–H groups in total. The molecule has 11 heavy (non-hydrogen) atoms. The van der Waals surface area contributed by atoms with Gasteiger partial charge in [0.1, 0.15) is 0 Å². The van der Waals surface area contributed by atoms with Crippen molar-refractivity contribution in [2.24, 2.45) is 0 Å². The Morgan fingerprint density at radius 1 is 1.09 bits per heavy atom. The van der Waals surface area contributed by atoms with Crippen molar-refractivity contribution >= 4 is 7.59 Å². The molecule has 0 radical (unpaired) electrons. The lowest BCUT2D eigenvalue weighted by molar-refractivity contribution is 0.412. The summed E-state index contributed by atoms with van der Waals surface area (Å²) in [5.41, 5.74) is 0. The van der Waals surface area contributed by atoms with Crippen LogP contribution < -0.4 is 0 Å². The quantitative estimate of drug-likeness (QED) is 0.464. The van der Waals surface area contributed by atoms with E-state index in [2.05, 4.69) is 0 Å². The van der Waals surface area contributed by atoms with Crippen LogP contribution in [0.5, 0.6) is 0 Å². The minimum atomic E-state index is -2.32. The van der Waals surface area contributed by atoms with Gasteiger partial charge in [0.2, 0.25) is 0 Å². The largest absolute Gasteiger partial charge is 0.285 e. The normalized spacial score (nSPS) is 19.8. The maximum Gasteiger partial charge on any atom is 0.285 e. The Hall–Kier alpha value is 0.110. The van der Waals surface area contributed by atoms with Crippen LogP contribution in [-0.2, 0) is 4.57 Å². The van der Waals surface area contributed by atoms with Crippen LogP contribution in [-0.4, -0.2) is 55.3 Å². The van der Waals surface area contributed by atoms with Gasteiger partial charge in [0.25, 0.3) is 7.59 Å². The first kappa shape index (κ1) is 9.20. The average Bonchev–Trinajstić information content (AvgIpc) is 2.66. The second-order valence-corrected chi connectivity index (χ2v) is 6.35. The maximum absolute atomic E-state index is 12.2. The van der Waals surface area contributed by atoms with Crippen molar-refractivity contribution in [2.75, 3.05) is 41.3 Å². The fourth-order valence-electron chi connectivity index (χ4n) is 1.17. The molecule has 1 heterocycles. The summed E-state index contributed by atoms with van der Waals surface area (Å²) in [5, 5.41) is 0. The van der Waals surface area contributed by atoms with Crippen molar-refractivity contribution in [1.82, 2.24) is 14.0 Å². The molecule has 1 aliphatic heterocycles. The minimum absolute atomic E-state index is 0.966. The maximum atomic E-state index is 12.2. The molecule has 0 bridgehead atoms. The Bertz CT molecular complexity index is 168. The van der Waals surface area contributed by atoms with E-state index < -0.39 is 7.59 Å². The Balaban J connectivity index is 2.78. The van der Waals surface area contributed by atoms with Gasteiger partial charge in [-0.3, -0.25) is 4.57 Å². The lowest BCUT2D eigenvalue weighted by Gasteiger charge is -2.30. The molecule has 1 fully saturated rings. The first-order chi connectivity index (χ1) is 4.99. The van der Waals surface area contributed by atoms with Gasteiger partial charge in [-0.2, -0.15) is 0 Å². The average molecular weight is 177 g/mol. The standard InChI is InChI=1S/C6H16N3OP/c1-7(2)11(10,8(3)4)9-5-6-9/h5-6H2,1-4H3. The second kappa shape index (κ2) is 2.87. The molecule has 0 unspecified atom stereocenters. The molecule has 5 heteroatoms. The molecule has 0 spiro atoms. The van der Waals surface area contributed by atoms with Gasteiger partial charge < -0.3 is 0 Å². The molecule has 0 saturated carbocycles. The van der Waals surface area contributed by atoms with Crippen LogP contribution in [0.4, 0.5) is 0 Å².